The number of aromatic nitrogens is 4. The van der Waals surface area contributed by atoms with E-state index in [2.05, 4.69) is 15.3 Å². The molecule has 0 saturated carbocycles. The molecule has 3 heterocycles. The van der Waals surface area contributed by atoms with Crippen LogP contribution in [0.2, 0.25) is 0 Å². The quantitative estimate of drug-likeness (QED) is 0.339. The fourth-order valence-electron chi connectivity index (χ4n) is 4.94. The van der Waals surface area contributed by atoms with Crippen molar-refractivity contribution < 1.29 is 9.53 Å². The van der Waals surface area contributed by atoms with Gasteiger partial charge in [0.2, 0.25) is 11.9 Å². The van der Waals surface area contributed by atoms with Crippen molar-refractivity contribution in [1.82, 2.24) is 24.4 Å². The Hall–Kier alpha value is -4.57. The Bertz CT molecular complexity index is 1630. The highest BCUT2D eigenvalue weighted by Gasteiger charge is 2.23. The Morgan fingerprint density at radius 1 is 1.07 bits per heavy atom. The van der Waals surface area contributed by atoms with Crippen molar-refractivity contribution in [1.29, 1.82) is 0 Å². The number of nitrogens with zero attached hydrogens (tertiary/aromatic N) is 5. The number of amides is 1. The number of ether oxygens (including phenoxy) is 1. The molecule has 0 aliphatic carbocycles. The second-order valence-corrected chi connectivity index (χ2v) is 9.72. The standard InChI is InChI=1S/C30H33N7O3/c1-4-23(28-34-24-12-8-9-19(2)26(24)29(39)37(28)21-10-6-5-7-11-21)33-27-22(20(3)32-30(31)35-27)13-14-25(38)36-15-17-40-18-16-36/h5-14,23H,4,15-18H2,1-3H3,(H3,31,32,33,35). The summed E-state index contributed by atoms with van der Waals surface area (Å²) in [6, 6.07) is 14.7. The number of hydrogen-bond donors (Lipinski definition) is 2. The fraction of sp³-hybridized carbons (Fsp3) is 0.300. The molecule has 5 rings (SSSR count). The molecular weight excluding hydrogens is 506 g/mol. The Kier molecular flexibility index (Phi) is 7.88. The number of aryl methyl sites for hydroxylation is 2. The summed E-state index contributed by atoms with van der Waals surface area (Å²) in [5, 5.41) is 4.05. The minimum atomic E-state index is -0.409. The van der Waals surface area contributed by atoms with Gasteiger partial charge < -0.3 is 20.7 Å². The highest BCUT2D eigenvalue weighted by molar-refractivity contribution is 5.93. The molecule has 2 aromatic carbocycles. The summed E-state index contributed by atoms with van der Waals surface area (Å²) in [6.45, 7) is 7.89. The summed E-state index contributed by atoms with van der Waals surface area (Å²) in [5.74, 6) is 1.00. The van der Waals surface area contributed by atoms with Crippen molar-refractivity contribution in [3.8, 4) is 5.69 Å². The lowest BCUT2D eigenvalue weighted by Gasteiger charge is -2.25. The van der Waals surface area contributed by atoms with Crippen LogP contribution in [0, 0.1) is 13.8 Å². The average molecular weight is 540 g/mol. The molecule has 1 saturated heterocycles. The minimum Gasteiger partial charge on any atom is -0.378 e. The van der Waals surface area contributed by atoms with E-state index in [1.165, 1.54) is 6.08 Å². The smallest absolute Gasteiger partial charge is 0.266 e. The third kappa shape index (κ3) is 5.43. The van der Waals surface area contributed by atoms with Gasteiger partial charge in [0.1, 0.15) is 11.6 Å². The van der Waals surface area contributed by atoms with Crippen molar-refractivity contribution in [3.63, 3.8) is 0 Å². The molecule has 1 unspecified atom stereocenters. The van der Waals surface area contributed by atoms with E-state index in [9.17, 15) is 9.59 Å². The van der Waals surface area contributed by atoms with Gasteiger partial charge in [0, 0.05) is 24.7 Å². The van der Waals surface area contributed by atoms with Crippen LogP contribution in [0.4, 0.5) is 11.8 Å². The second-order valence-electron chi connectivity index (χ2n) is 9.72. The number of morpholine rings is 1. The number of nitrogens with two attached hydrogens (primary N) is 1. The van der Waals surface area contributed by atoms with Crippen molar-refractivity contribution in [2.75, 3.05) is 37.4 Å². The van der Waals surface area contributed by atoms with Crippen molar-refractivity contribution in [3.05, 3.63) is 87.6 Å². The summed E-state index contributed by atoms with van der Waals surface area (Å²) in [7, 11) is 0. The molecule has 1 amide bonds. The molecule has 40 heavy (non-hydrogen) atoms. The summed E-state index contributed by atoms with van der Waals surface area (Å²) < 4.78 is 7.01. The number of hydrogen-bond acceptors (Lipinski definition) is 8. The van der Waals surface area contributed by atoms with Gasteiger partial charge in [0.15, 0.2) is 0 Å². The van der Waals surface area contributed by atoms with Gasteiger partial charge in [-0.15, -0.1) is 0 Å². The number of carbonyl (C=O) groups excluding carboxylic acids is 1. The molecule has 0 radical (unpaired) electrons. The van der Waals surface area contributed by atoms with Crippen LogP contribution in [0.3, 0.4) is 0 Å². The first-order valence-electron chi connectivity index (χ1n) is 13.4. The summed E-state index contributed by atoms with van der Waals surface area (Å²) in [6.07, 6.45) is 3.83. The zero-order valence-electron chi connectivity index (χ0n) is 22.9. The maximum atomic E-state index is 13.9. The number of para-hydroxylation sites is 1. The summed E-state index contributed by atoms with van der Waals surface area (Å²) in [4.78, 5) is 42.3. The van der Waals surface area contributed by atoms with Crippen molar-refractivity contribution in [2.45, 2.75) is 33.2 Å². The van der Waals surface area contributed by atoms with E-state index in [-0.39, 0.29) is 17.4 Å². The van der Waals surface area contributed by atoms with Crippen LogP contribution >= 0.6 is 0 Å². The molecule has 0 bridgehead atoms. The minimum absolute atomic E-state index is 0.106. The molecule has 206 valence electrons. The van der Waals surface area contributed by atoms with Crippen molar-refractivity contribution in [2.24, 2.45) is 0 Å². The molecule has 1 atom stereocenters. The summed E-state index contributed by atoms with van der Waals surface area (Å²) >= 11 is 0. The van der Waals surface area contributed by atoms with Crippen LogP contribution in [0.5, 0.6) is 0 Å². The maximum Gasteiger partial charge on any atom is 0.266 e. The van der Waals surface area contributed by atoms with Gasteiger partial charge >= 0.3 is 0 Å². The van der Waals surface area contributed by atoms with Crippen LogP contribution < -0.4 is 16.6 Å². The lowest BCUT2D eigenvalue weighted by Crippen LogP contribution is -2.39. The molecule has 4 aromatic rings. The fourth-order valence-corrected chi connectivity index (χ4v) is 4.94. The lowest BCUT2D eigenvalue weighted by atomic mass is 10.1. The molecule has 1 aliphatic rings. The van der Waals surface area contributed by atoms with Gasteiger partial charge in [0.25, 0.3) is 5.56 Å². The number of nitrogen functional groups attached to an aromatic ring is 1. The highest BCUT2D eigenvalue weighted by atomic mass is 16.5. The predicted octanol–water partition coefficient (Wildman–Crippen LogP) is 3.81. The van der Waals surface area contributed by atoms with E-state index in [0.29, 0.717) is 66.5 Å². The Balaban J connectivity index is 1.59. The largest absolute Gasteiger partial charge is 0.378 e. The summed E-state index contributed by atoms with van der Waals surface area (Å²) in [5.41, 5.74) is 9.38. The van der Waals surface area contributed by atoms with E-state index >= 15 is 0 Å². The van der Waals surface area contributed by atoms with E-state index in [4.69, 9.17) is 15.5 Å². The van der Waals surface area contributed by atoms with Crippen LogP contribution in [0.15, 0.2) is 59.4 Å². The van der Waals surface area contributed by atoms with Gasteiger partial charge in [-0.25, -0.2) is 9.97 Å². The first-order chi connectivity index (χ1) is 19.4. The SMILES string of the molecule is CCC(Nc1nc(N)nc(C)c1C=CC(=O)N1CCOCC1)c1nc2cccc(C)c2c(=O)n1-c1ccccc1. The number of fused-ring (bicyclic) bond motifs is 1. The van der Waals surface area contributed by atoms with E-state index in [0.717, 1.165) is 11.3 Å². The molecule has 0 spiro atoms. The third-order valence-corrected chi connectivity index (χ3v) is 7.05. The zero-order chi connectivity index (χ0) is 28.2. The zero-order valence-corrected chi connectivity index (χ0v) is 22.9. The molecule has 2 aromatic heterocycles. The molecule has 3 N–H and O–H groups in total. The Morgan fingerprint density at radius 3 is 2.55 bits per heavy atom. The monoisotopic (exact) mass is 539 g/mol. The number of anilines is 2. The van der Waals surface area contributed by atoms with Gasteiger partial charge in [-0.3, -0.25) is 14.2 Å². The van der Waals surface area contributed by atoms with E-state index in [1.807, 2.05) is 69.3 Å². The number of benzene rings is 2. The Labute approximate surface area is 232 Å². The molecule has 1 fully saturated rings. The molecular formula is C30H33N7O3. The van der Waals surface area contributed by atoms with Gasteiger partial charge in [-0.2, -0.15) is 4.98 Å². The predicted molar refractivity (Wildman–Crippen MR) is 156 cm³/mol. The highest BCUT2D eigenvalue weighted by Crippen LogP contribution is 2.28. The lowest BCUT2D eigenvalue weighted by molar-refractivity contribution is -0.129. The maximum absolute atomic E-state index is 13.9. The first kappa shape index (κ1) is 27.0. The first-order valence-corrected chi connectivity index (χ1v) is 13.4. The van der Waals surface area contributed by atoms with E-state index < -0.39 is 6.04 Å². The van der Waals surface area contributed by atoms with Crippen molar-refractivity contribution >= 4 is 34.7 Å². The third-order valence-electron chi connectivity index (χ3n) is 7.05. The van der Waals surface area contributed by atoms with Gasteiger partial charge in [-0.1, -0.05) is 37.3 Å². The molecule has 10 nitrogen and oxygen atoms in total. The van der Waals surface area contributed by atoms with Crippen LogP contribution in [-0.2, 0) is 9.53 Å². The Morgan fingerprint density at radius 2 is 1.82 bits per heavy atom. The normalized spacial score (nSPS) is 14.5. The topological polar surface area (TPSA) is 128 Å². The molecule has 10 heteroatoms. The second kappa shape index (κ2) is 11.7. The number of nitrogens with one attached hydrogen (secondary N) is 1. The van der Waals surface area contributed by atoms with Gasteiger partial charge in [0.05, 0.1) is 41.5 Å². The number of carbonyl (C=O) groups is 1. The van der Waals surface area contributed by atoms with Crippen LogP contribution in [0.1, 0.15) is 42.0 Å². The molecule has 1 aliphatic heterocycles. The van der Waals surface area contributed by atoms with Crippen LogP contribution in [0.25, 0.3) is 22.7 Å². The number of rotatable bonds is 7. The average Bonchev–Trinajstić information content (AvgIpc) is 2.96. The van der Waals surface area contributed by atoms with Gasteiger partial charge in [-0.05, 0) is 50.1 Å². The van der Waals surface area contributed by atoms with Crippen LogP contribution in [-0.4, -0.2) is 56.6 Å². The van der Waals surface area contributed by atoms with E-state index in [1.54, 1.807) is 15.5 Å².